The molecule has 3 atom stereocenters. The summed E-state index contributed by atoms with van der Waals surface area (Å²) in [7, 11) is 1.66. The van der Waals surface area contributed by atoms with Crippen LogP contribution >= 0.6 is 0 Å². The number of piperidine rings is 1. The summed E-state index contributed by atoms with van der Waals surface area (Å²) in [6.45, 7) is 4.55. The lowest BCUT2D eigenvalue weighted by Crippen LogP contribution is -2.57. The van der Waals surface area contributed by atoms with E-state index < -0.39 is 5.60 Å². The van der Waals surface area contributed by atoms with Gasteiger partial charge in [-0.15, -0.1) is 0 Å². The highest BCUT2D eigenvalue weighted by molar-refractivity contribution is 5.78. The fourth-order valence-corrected chi connectivity index (χ4v) is 5.50. The Balaban J connectivity index is 1.62. The summed E-state index contributed by atoms with van der Waals surface area (Å²) in [5, 5.41) is 11.4. The van der Waals surface area contributed by atoms with E-state index in [0.717, 1.165) is 48.1 Å². The van der Waals surface area contributed by atoms with Crippen molar-refractivity contribution in [3.8, 4) is 11.5 Å². The van der Waals surface area contributed by atoms with Crippen LogP contribution in [0.2, 0.25) is 0 Å². The van der Waals surface area contributed by atoms with Crippen molar-refractivity contribution in [2.75, 3.05) is 20.3 Å². The predicted octanol–water partition coefficient (Wildman–Crippen LogP) is 4.59. The third-order valence-corrected chi connectivity index (χ3v) is 6.90. The van der Waals surface area contributed by atoms with Gasteiger partial charge in [0.15, 0.2) is 6.61 Å². The molecule has 1 aliphatic carbocycles. The number of carbonyl (C=O) groups excluding carboxylic acids is 1. The van der Waals surface area contributed by atoms with Crippen molar-refractivity contribution < 1.29 is 19.4 Å². The normalized spacial score (nSPS) is 25.6. The van der Waals surface area contributed by atoms with Crippen LogP contribution in [-0.2, 0) is 4.79 Å². The number of aliphatic hydroxyl groups is 1. The van der Waals surface area contributed by atoms with E-state index in [1.807, 2.05) is 55.1 Å². The molecule has 2 aromatic rings. The van der Waals surface area contributed by atoms with Crippen molar-refractivity contribution >= 4 is 5.91 Å². The minimum absolute atomic E-state index is 0.00327. The Morgan fingerprint density at radius 1 is 1.13 bits per heavy atom. The molecule has 4 rings (SSSR count). The highest BCUT2D eigenvalue weighted by Gasteiger charge is 2.50. The number of amides is 1. The van der Waals surface area contributed by atoms with E-state index in [9.17, 15) is 9.90 Å². The fraction of sp³-hybridized carbons (Fsp3) is 0.500. The van der Waals surface area contributed by atoms with Crippen LogP contribution in [0.1, 0.15) is 54.8 Å². The van der Waals surface area contributed by atoms with Gasteiger partial charge in [0.1, 0.15) is 11.5 Å². The molecule has 0 bridgehead atoms. The number of carbonyl (C=O) groups is 1. The third kappa shape index (κ3) is 4.42. The molecular weight excluding hydrogens is 390 g/mol. The average molecular weight is 424 g/mol. The van der Waals surface area contributed by atoms with Crippen molar-refractivity contribution in [3.63, 3.8) is 0 Å². The van der Waals surface area contributed by atoms with Crippen molar-refractivity contribution in [2.45, 2.75) is 57.6 Å². The number of methoxy groups -OCH3 is 1. The molecule has 2 aliphatic rings. The molecule has 2 aromatic carbocycles. The second-order valence-corrected chi connectivity index (χ2v) is 9.09. The zero-order chi connectivity index (χ0) is 22.0. The van der Waals surface area contributed by atoms with Crippen molar-refractivity contribution in [2.24, 2.45) is 5.92 Å². The summed E-state index contributed by atoms with van der Waals surface area (Å²) in [4.78, 5) is 15.3. The molecule has 2 fully saturated rings. The smallest absolute Gasteiger partial charge is 0.261 e. The van der Waals surface area contributed by atoms with E-state index in [-0.39, 0.29) is 24.5 Å². The van der Waals surface area contributed by atoms with E-state index in [0.29, 0.717) is 18.7 Å². The van der Waals surface area contributed by atoms with Crippen LogP contribution < -0.4 is 9.47 Å². The quantitative estimate of drug-likeness (QED) is 0.764. The molecule has 1 heterocycles. The second-order valence-electron chi connectivity index (χ2n) is 9.09. The Labute approximate surface area is 185 Å². The minimum atomic E-state index is -0.727. The van der Waals surface area contributed by atoms with Crippen LogP contribution in [0.15, 0.2) is 42.5 Å². The molecule has 166 valence electrons. The lowest BCUT2D eigenvalue weighted by molar-refractivity contribution is -0.157. The molecule has 1 aliphatic heterocycles. The summed E-state index contributed by atoms with van der Waals surface area (Å²) in [5.41, 5.74) is 2.46. The molecule has 1 N–H and O–H groups in total. The molecule has 0 spiro atoms. The van der Waals surface area contributed by atoms with E-state index >= 15 is 0 Å². The van der Waals surface area contributed by atoms with Crippen LogP contribution in [0.25, 0.3) is 0 Å². The van der Waals surface area contributed by atoms with Gasteiger partial charge in [-0.1, -0.05) is 37.1 Å². The minimum Gasteiger partial charge on any atom is -0.496 e. The highest BCUT2D eigenvalue weighted by atomic mass is 16.5. The van der Waals surface area contributed by atoms with Crippen LogP contribution in [-0.4, -0.2) is 41.8 Å². The van der Waals surface area contributed by atoms with Crippen LogP contribution in [0, 0.1) is 19.8 Å². The summed E-state index contributed by atoms with van der Waals surface area (Å²) in [6, 6.07) is 13.6. The Morgan fingerprint density at radius 3 is 2.61 bits per heavy atom. The molecule has 0 aromatic heterocycles. The third-order valence-electron chi connectivity index (χ3n) is 6.90. The van der Waals surface area contributed by atoms with Gasteiger partial charge in [0, 0.05) is 18.0 Å². The Hall–Kier alpha value is -2.53. The molecular formula is C26H33NO4. The SMILES string of the molecule is COc1ccccc1[C@H]1[C@H]2CCCC[C@]2(O)CCN1C(=O)COc1cc(C)cc(C)c1. The number of hydrogen-bond acceptors (Lipinski definition) is 4. The predicted molar refractivity (Wildman–Crippen MR) is 120 cm³/mol. The summed E-state index contributed by atoms with van der Waals surface area (Å²) >= 11 is 0. The van der Waals surface area contributed by atoms with Crippen LogP contribution in [0.3, 0.4) is 0 Å². The number of benzene rings is 2. The summed E-state index contributed by atoms with van der Waals surface area (Å²) in [6.07, 6.45) is 4.42. The van der Waals surface area contributed by atoms with Gasteiger partial charge in [-0.05, 0) is 62.4 Å². The van der Waals surface area contributed by atoms with E-state index in [2.05, 4.69) is 6.07 Å². The number of ether oxygens (including phenoxy) is 2. The Kier molecular flexibility index (Phi) is 6.24. The molecule has 0 radical (unpaired) electrons. The van der Waals surface area contributed by atoms with Gasteiger partial charge in [-0.3, -0.25) is 4.79 Å². The van der Waals surface area contributed by atoms with Gasteiger partial charge >= 0.3 is 0 Å². The molecule has 1 saturated carbocycles. The number of hydrogen-bond donors (Lipinski definition) is 1. The molecule has 1 saturated heterocycles. The standard InChI is InChI=1S/C26H33NO4/c1-18-14-19(2)16-20(15-18)31-17-24(28)27-13-12-26(29)11-7-6-9-22(26)25(27)21-8-4-5-10-23(21)30-3/h4-5,8,10,14-16,22,25,29H,6-7,9,11-13,17H2,1-3H3/t22-,25+,26+/m1/s1. The molecule has 0 unspecified atom stereocenters. The first-order chi connectivity index (χ1) is 14.9. The van der Waals surface area contributed by atoms with E-state index in [4.69, 9.17) is 9.47 Å². The average Bonchev–Trinajstić information content (AvgIpc) is 2.75. The Morgan fingerprint density at radius 2 is 1.87 bits per heavy atom. The molecule has 1 amide bonds. The van der Waals surface area contributed by atoms with E-state index in [1.54, 1.807) is 7.11 Å². The van der Waals surface area contributed by atoms with Gasteiger partial charge in [0.25, 0.3) is 5.91 Å². The lowest BCUT2D eigenvalue weighted by Gasteiger charge is -2.52. The first-order valence-electron chi connectivity index (χ1n) is 11.3. The number of para-hydroxylation sites is 1. The van der Waals surface area contributed by atoms with Gasteiger partial charge in [-0.2, -0.15) is 0 Å². The number of fused-ring (bicyclic) bond motifs is 1. The van der Waals surface area contributed by atoms with Crippen LogP contribution in [0.4, 0.5) is 0 Å². The fourth-order valence-electron chi connectivity index (χ4n) is 5.50. The lowest BCUT2D eigenvalue weighted by atomic mass is 9.66. The van der Waals surface area contributed by atoms with Gasteiger partial charge in [-0.25, -0.2) is 0 Å². The van der Waals surface area contributed by atoms with Gasteiger partial charge in [0.2, 0.25) is 0 Å². The zero-order valence-electron chi connectivity index (χ0n) is 18.8. The maximum atomic E-state index is 13.4. The molecule has 31 heavy (non-hydrogen) atoms. The van der Waals surface area contributed by atoms with Gasteiger partial charge < -0.3 is 19.5 Å². The summed E-state index contributed by atoms with van der Waals surface area (Å²) < 4.78 is 11.5. The largest absolute Gasteiger partial charge is 0.496 e. The zero-order valence-corrected chi connectivity index (χ0v) is 18.8. The van der Waals surface area contributed by atoms with Crippen molar-refractivity contribution in [1.82, 2.24) is 4.90 Å². The maximum Gasteiger partial charge on any atom is 0.261 e. The van der Waals surface area contributed by atoms with Crippen LogP contribution in [0.5, 0.6) is 11.5 Å². The Bertz CT molecular complexity index is 923. The summed E-state index contributed by atoms with van der Waals surface area (Å²) in [5.74, 6) is 1.42. The maximum absolute atomic E-state index is 13.4. The highest BCUT2D eigenvalue weighted by Crippen LogP contribution is 2.50. The number of rotatable bonds is 5. The molecule has 5 heteroatoms. The van der Waals surface area contributed by atoms with E-state index in [1.165, 1.54) is 0 Å². The number of nitrogens with zero attached hydrogens (tertiary/aromatic N) is 1. The number of likely N-dealkylation sites (tertiary alicyclic amines) is 1. The van der Waals surface area contributed by atoms with Crippen molar-refractivity contribution in [3.05, 3.63) is 59.2 Å². The molecule has 5 nitrogen and oxygen atoms in total. The van der Waals surface area contributed by atoms with Crippen molar-refractivity contribution in [1.29, 1.82) is 0 Å². The number of aryl methyl sites for hydroxylation is 2. The topological polar surface area (TPSA) is 59.0 Å². The monoisotopic (exact) mass is 423 g/mol. The first-order valence-corrected chi connectivity index (χ1v) is 11.3. The first kappa shape index (κ1) is 21.7. The van der Waals surface area contributed by atoms with Gasteiger partial charge in [0.05, 0.1) is 18.8 Å². The second kappa shape index (κ2) is 8.91.